The lowest BCUT2D eigenvalue weighted by Crippen LogP contribution is -2.30. The maximum absolute atomic E-state index is 12.3. The van der Waals surface area contributed by atoms with Crippen LogP contribution in [0.3, 0.4) is 0 Å². The van der Waals surface area contributed by atoms with Gasteiger partial charge in [0.1, 0.15) is 17.4 Å². The number of aryl methyl sites for hydroxylation is 1. The molecule has 0 spiro atoms. The second-order valence-electron chi connectivity index (χ2n) is 10.3. The van der Waals surface area contributed by atoms with Gasteiger partial charge in [-0.2, -0.15) is 0 Å². The molecule has 208 valence electrons. The van der Waals surface area contributed by atoms with Gasteiger partial charge in [0.25, 0.3) is 0 Å². The van der Waals surface area contributed by atoms with Gasteiger partial charge in [-0.05, 0) is 67.0 Å². The molecule has 1 amide bonds. The Morgan fingerprint density at radius 2 is 1.72 bits per heavy atom. The summed E-state index contributed by atoms with van der Waals surface area (Å²) in [5.74, 6) is 2.51. The predicted molar refractivity (Wildman–Crippen MR) is 147 cm³/mol. The van der Waals surface area contributed by atoms with Crippen molar-refractivity contribution in [1.82, 2.24) is 15.3 Å². The van der Waals surface area contributed by atoms with Crippen molar-refractivity contribution in [3.63, 3.8) is 0 Å². The molecule has 4 rings (SSSR count). The predicted octanol–water partition coefficient (Wildman–Crippen LogP) is 6.55. The number of nitrogens with zero attached hydrogens (tertiary/aromatic N) is 3. The van der Waals surface area contributed by atoms with Gasteiger partial charge in [-0.1, -0.05) is 43.5 Å². The molecule has 1 saturated carbocycles. The fourth-order valence-electron chi connectivity index (χ4n) is 5.09. The molecule has 1 N–H and O–H groups in total. The van der Waals surface area contributed by atoms with E-state index in [9.17, 15) is 18.0 Å². The Morgan fingerprint density at radius 1 is 1.03 bits per heavy atom. The number of carbonyl (C=O) groups is 1. The summed E-state index contributed by atoms with van der Waals surface area (Å²) >= 11 is 0. The first kappa shape index (κ1) is 28.4. The largest absolute Gasteiger partial charge is 0.573 e. The number of para-hydroxylation sites is 1. The monoisotopic (exact) mass is 540 g/mol. The van der Waals surface area contributed by atoms with Crippen LogP contribution >= 0.6 is 0 Å². The second-order valence-corrected chi connectivity index (χ2v) is 10.3. The van der Waals surface area contributed by atoms with Gasteiger partial charge in [0.15, 0.2) is 0 Å². The third-order valence-corrected chi connectivity index (χ3v) is 7.14. The highest BCUT2D eigenvalue weighted by atomic mass is 19.4. The van der Waals surface area contributed by atoms with E-state index in [-0.39, 0.29) is 11.7 Å². The van der Waals surface area contributed by atoms with Gasteiger partial charge in [0.05, 0.1) is 5.52 Å². The average molecular weight is 541 g/mol. The molecule has 0 radical (unpaired) electrons. The highest BCUT2D eigenvalue weighted by molar-refractivity contribution is 5.91. The van der Waals surface area contributed by atoms with Crippen LogP contribution in [0, 0.1) is 11.8 Å². The number of amides is 1. The summed E-state index contributed by atoms with van der Waals surface area (Å²) < 4.78 is 40.6. The zero-order chi connectivity index (χ0) is 27.8. The van der Waals surface area contributed by atoms with Gasteiger partial charge in [0, 0.05) is 38.5 Å². The van der Waals surface area contributed by atoms with Crippen LogP contribution in [-0.2, 0) is 11.2 Å². The van der Waals surface area contributed by atoms with E-state index < -0.39 is 6.36 Å². The number of carbonyl (C=O) groups excluding carboxylic acids is 1. The van der Waals surface area contributed by atoms with Crippen molar-refractivity contribution in [1.29, 1.82) is 0 Å². The quantitative estimate of drug-likeness (QED) is 0.295. The summed E-state index contributed by atoms with van der Waals surface area (Å²) in [5, 5.41) is 4.02. The van der Waals surface area contributed by atoms with E-state index in [1.165, 1.54) is 30.3 Å². The summed E-state index contributed by atoms with van der Waals surface area (Å²) in [6, 6.07) is 13.5. The molecule has 2 aromatic carbocycles. The minimum absolute atomic E-state index is 0.208. The summed E-state index contributed by atoms with van der Waals surface area (Å²) in [7, 11) is 4.02. The van der Waals surface area contributed by atoms with Crippen LogP contribution in [-0.4, -0.2) is 42.9 Å². The van der Waals surface area contributed by atoms with E-state index in [0.717, 1.165) is 67.5 Å². The van der Waals surface area contributed by atoms with Gasteiger partial charge in [-0.25, -0.2) is 9.97 Å². The van der Waals surface area contributed by atoms with E-state index in [1.807, 2.05) is 37.2 Å². The molecule has 9 heteroatoms. The molecule has 1 aliphatic carbocycles. The number of rotatable bonds is 10. The minimum atomic E-state index is -4.72. The lowest BCUT2D eigenvalue weighted by atomic mass is 9.80. The Morgan fingerprint density at radius 3 is 2.41 bits per heavy atom. The van der Waals surface area contributed by atoms with Crippen LogP contribution in [0.2, 0.25) is 0 Å². The molecule has 0 atom stereocenters. The number of fused-ring (bicyclic) bond motifs is 1. The maximum atomic E-state index is 12.3. The van der Waals surface area contributed by atoms with Crippen molar-refractivity contribution in [3.8, 4) is 5.75 Å². The first-order valence-electron chi connectivity index (χ1n) is 13.4. The second kappa shape index (κ2) is 13.0. The third kappa shape index (κ3) is 8.70. The van der Waals surface area contributed by atoms with Gasteiger partial charge in [-0.3, -0.25) is 4.79 Å². The van der Waals surface area contributed by atoms with Crippen molar-refractivity contribution in [2.45, 2.75) is 51.3 Å². The van der Waals surface area contributed by atoms with Crippen molar-refractivity contribution in [2.24, 2.45) is 11.8 Å². The molecule has 1 aromatic heterocycles. The Hall–Kier alpha value is -3.62. The molecular weight excluding hydrogens is 505 g/mol. The number of alkyl halides is 3. The van der Waals surface area contributed by atoms with E-state index >= 15 is 0 Å². The lowest BCUT2D eigenvalue weighted by Gasteiger charge is -2.28. The standard InChI is InChI=1S/C30H35F3N4O2/c1-37(2)29-25-7-3-4-8-26(25)35-27(36-29)9-5-6-21-10-12-23(13-11-21)20-34-28(38)19-16-22-14-17-24(18-15-22)39-30(31,32)33/h3-4,7-8,14-19,21,23H,5-6,9-13,20H2,1-2H3,(H,34,38)/b19-16+. The molecule has 0 unspecified atom stereocenters. The average Bonchev–Trinajstić information content (AvgIpc) is 2.91. The summed E-state index contributed by atoms with van der Waals surface area (Å²) in [6.07, 6.45) is 5.83. The summed E-state index contributed by atoms with van der Waals surface area (Å²) in [5.41, 5.74) is 1.60. The van der Waals surface area contributed by atoms with E-state index in [0.29, 0.717) is 23.9 Å². The molecule has 6 nitrogen and oxygen atoms in total. The fraction of sp³-hybridized carbons (Fsp3) is 0.433. The van der Waals surface area contributed by atoms with Gasteiger partial charge >= 0.3 is 6.36 Å². The molecule has 1 aliphatic rings. The molecular formula is C30H35F3N4O2. The zero-order valence-corrected chi connectivity index (χ0v) is 22.4. The van der Waals surface area contributed by atoms with Crippen molar-refractivity contribution < 1.29 is 22.7 Å². The van der Waals surface area contributed by atoms with Crippen LogP contribution < -0.4 is 15.0 Å². The van der Waals surface area contributed by atoms with E-state index in [4.69, 9.17) is 9.97 Å². The minimum Gasteiger partial charge on any atom is -0.406 e. The highest BCUT2D eigenvalue weighted by Gasteiger charge is 2.31. The number of aromatic nitrogens is 2. The molecule has 39 heavy (non-hydrogen) atoms. The summed E-state index contributed by atoms with van der Waals surface area (Å²) in [4.78, 5) is 23.8. The number of hydrogen-bond acceptors (Lipinski definition) is 5. The highest BCUT2D eigenvalue weighted by Crippen LogP contribution is 2.32. The Balaban J connectivity index is 1.15. The molecule has 0 saturated heterocycles. The number of benzene rings is 2. The molecule has 0 bridgehead atoms. The van der Waals surface area contributed by atoms with Crippen LogP contribution in [0.15, 0.2) is 54.6 Å². The van der Waals surface area contributed by atoms with Crippen molar-refractivity contribution in [3.05, 3.63) is 66.0 Å². The Labute approximate surface area is 227 Å². The van der Waals surface area contributed by atoms with Crippen LogP contribution in [0.1, 0.15) is 49.9 Å². The Kier molecular flexibility index (Phi) is 9.43. The Bertz CT molecular complexity index is 1270. The summed E-state index contributed by atoms with van der Waals surface area (Å²) in [6.45, 7) is 0.631. The van der Waals surface area contributed by atoms with Crippen LogP contribution in [0.4, 0.5) is 19.0 Å². The van der Waals surface area contributed by atoms with Crippen molar-refractivity contribution >= 4 is 28.7 Å². The zero-order valence-electron chi connectivity index (χ0n) is 22.4. The molecule has 1 fully saturated rings. The van der Waals surface area contributed by atoms with Gasteiger partial charge in [-0.15, -0.1) is 13.2 Å². The van der Waals surface area contributed by atoms with Crippen molar-refractivity contribution in [2.75, 3.05) is 25.5 Å². The van der Waals surface area contributed by atoms with Gasteiger partial charge < -0.3 is 15.0 Å². The first-order valence-corrected chi connectivity index (χ1v) is 13.4. The topological polar surface area (TPSA) is 67.4 Å². The van der Waals surface area contributed by atoms with E-state index in [1.54, 1.807) is 6.08 Å². The number of halogens is 3. The van der Waals surface area contributed by atoms with Gasteiger partial charge in [0.2, 0.25) is 5.91 Å². The fourth-order valence-corrected chi connectivity index (χ4v) is 5.09. The third-order valence-electron chi connectivity index (χ3n) is 7.14. The number of nitrogens with one attached hydrogen (secondary N) is 1. The molecule has 0 aliphatic heterocycles. The van der Waals surface area contributed by atoms with Crippen LogP contribution in [0.5, 0.6) is 5.75 Å². The molecule has 1 heterocycles. The molecule has 3 aromatic rings. The number of ether oxygens (including phenoxy) is 1. The van der Waals surface area contributed by atoms with Crippen LogP contribution in [0.25, 0.3) is 17.0 Å². The maximum Gasteiger partial charge on any atom is 0.573 e. The number of anilines is 1. The lowest BCUT2D eigenvalue weighted by molar-refractivity contribution is -0.274. The number of hydrogen-bond donors (Lipinski definition) is 1. The van der Waals surface area contributed by atoms with E-state index in [2.05, 4.69) is 16.1 Å². The smallest absolute Gasteiger partial charge is 0.406 e. The first-order chi connectivity index (χ1) is 18.7. The SMILES string of the molecule is CN(C)c1nc(CCCC2CCC(CNC(=O)/C=C/c3ccc(OC(F)(F)F)cc3)CC2)nc2ccccc12. The normalized spacial score (nSPS) is 17.9.